The van der Waals surface area contributed by atoms with Gasteiger partial charge in [-0.2, -0.15) is 0 Å². The summed E-state index contributed by atoms with van der Waals surface area (Å²) in [7, 11) is -3.18. The first-order valence-electron chi connectivity index (χ1n) is 6.45. The van der Waals surface area contributed by atoms with E-state index in [0.717, 1.165) is 12.8 Å². The van der Waals surface area contributed by atoms with Crippen molar-refractivity contribution >= 4 is 15.9 Å². The summed E-state index contributed by atoms with van der Waals surface area (Å²) in [5.74, 6) is -0.168. The number of hydrogen-bond donors (Lipinski definition) is 1. The Hall–Kier alpha value is -0.620. The van der Waals surface area contributed by atoms with Gasteiger partial charge >= 0.3 is 0 Å². The fourth-order valence-corrected chi connectivity index (χ4v) is 3.24. The fourth-order valence-electron chi connectivity index (χ4n) is 2.06. The predicted molar refractivity (Wildman–Crippen MR) is 71.7 cm³/mol. The number of hydrogen-bond acceptors (Lipinski definition) is 3. The Morgan fingerprint density at radius 2 is 2.00 bits per heavy atom. The normalized spacial score (nSPS) is 22.8. The van der Waals surface area contributed by atoms with Crippen molar-refractivity contribution in [3.8, 4) is 0 Å². The summed E-state index contributed by atoms with van der Waals surface area (Å²) in [6.45, 7) is 8.26. The van der Waals surface area contributed by atoms with Gasteiger partial charge in [0.15, 0.2) is 0 Å². The zero-order chi connectivity index (χ0) is 14.0. The lowest BCUT2D eigenvalue weighted by Crippen LogP contribution is -2.49. The van der Waals surface area contributed by atoms with Crippen molar-refractivity contribution in [1.82, 2.24) is 9.62 Å². The first-order valence-corrected chi connectivity index (χ1v) is 8.06. The number of carbonyl (C=O) groups is 1. The zero-order valence-corrected chi connectivity index (χ0v) is 12.5. The van der Waals surface area contributed by atoms with Crippen LogP contribution < -0.4 is 5.32 Å². The molecule has 1 amide bonds. The van der Waals surface area contributed by atoms with Crippen molar-refractivity contribution in [3.63, 3.8) is 0 Å². The van der Waals surface area contributed by atoms with Gasteiger partial charge < -0.3 is 5.32 Å². The van der Waals surface area contributed by atoms with Gasteiger partial charge in [0.25, 0.3) is 0 Å². The summed E-state index contributed by atoms with van der Waals surface area (Å²) < 4.78 is 25.1. The molecule has 1 aliphatic heterocycles. The maximum Gasteiger partial charge on any atom is 0.224 e. The summed E-state index contributed by atoms with van der Waals surface area (Å²) in [6, 6.07) is 0. The first-order chi connectivity index (χ1) is 8.15. The largest absolute Gasteiger partial charge is 0.351 e. The number of nitrogens with one attached hydrogen (secondary N) is 1. The highest BCUT2D eigenvalue weighted by Gasteiger charge is 2.32. The van der Waals surface area contributed by atoms with Crippen LogP contribution in [-0.4, -0.2) is 43.0 Å². The third-order valence-electron chi connectivity index (χ3n) is 3.01. The Labute approximate surface area is 110 Å². The van der Waals surface area contributed by atoms with Gasteiger partial charge in [-0.1, -0.05) is 0 Å². The SMILES string of the molecule is CCS(=O)(=O)N1CCC[C@H](C(=O)NC(C)(C)C)C1. The maximum atomic E-state index is 12.0. The highest BCUT2D eigenvalue weighted by atomic mass is 32.2. The molecule has 1 N–H and O–H groups in total. The van der Waals surface area contributed by atoms with Crippen LogP contribution in [0.1, 0.15) is 40.5 Å². The maximum absolute atomic E-state index is 12.0. The van der Waals surface area contributed by atoms with Gasteiger partial charge in [-0.05, 0) is 40.5 Å². The van der Waals surface area contributed by atoms with E-state index in [1.54, 1.807) is 6.92 Å². The van der Waals surface area contributed by atoms with E-state index in [-0.39, 0.29) is 23.1 Å². The Morgan fingerprint density at radius 1 is 1.39 bits per heavy atom. The van der Waals surface area contributed by atoms with Crippen LogP contribution in [0.3, 0.4) is 0 Å². The van der Waals surface area contributed by atoms with E-state index in [0.29, 0.717) is 13.1 Å². The van der Waals surface area contributed by atoms with Gasteiger partial charge in [0.05, 0.1) is 11.7 Å². The summed E-state index contributed by atoms with van der Waals surface area (Å²) in [6.07, 6.45) is 1.51. The van der Waals surface area contributed by atoms with Crippen LogP contribution in [0.5, 0.6) is 0 Å². The lowest BCUT2D eigenvalue weighted by atomic mass is 9.97. The second kappa shape index (κ2) is 5.57. The van der Waals surface area contributed by atoms with Crippen LogP contribution in [0, 0.1) is 5.92 Å². The molecule has 1 heterocycles. The molecule has 18 heavy (non-hydrogen) atoms. The zero-order valence-electron chi connectivity index (χ0n) is 11.7. The van der Waals surface area contributed by atoms with Crippen molar-refractivity contribution in [2.24, 2.45) is 5.92 Å². The van der Waals surface area contributed by atoms with Gasteiger partial charge in [0.1, 0.15) is 0 Å². The summed E-state index contributed by atoms with van der Waals surface area (Å²) in [5.41, 5.74) is -0.275. The van der Waals surface area contributed by atoms with E-state index in [1.165, 1.54) is 4.31 Å². The van der Waals surface area contributed by atoms with Crippen molar-refractivity contribution in [3.05, 3.63) is 0 Å². The quantitative estimate of drug-likeness (QED) is 0.835. The fraction of sp³-hybridized carbons (Fsp3) is 0.917. The highest BCUT2D eigenvalue weighted by Crippen LogP contribution is 2.20. The molecule has 0 bridgehead atoms. The number of carbonyl (C=O) groups excluding carboxylic acids is 1. The Balaban J connectivity index is 2.67. The van der Waals surface area contributed by atoms with Crippen LogP contribution in [0.2, 0.25) is 0 Å². The van der Waals surface area contributed by atoms with Crippen LogP contribution in [0.4, 0.5) is 0 Å². The van der Waals surface area contributed by atoms with Crippen molar-refractivity contribution in [1.29, 1.82) is 0 Å². The lowest BCUT2D eigenvalue weighted by Gasteiger charge is -2.32. The van der Waals surface area contributed by atoms with Crippen LogP contribution in [0.15, 0.2) is 0 Å². The van der Waals surface area contributed by atoms with Gasteiger partial charge in [0.2, 0.25) is 15.9 Å². The van der Waals surface area contributed by atoms with E-state index in [9.17, 15) is 13.2 Å². The van der Waals surface area contributed by atoms with Crippen molar-refractivity contribution in [2.75, 3.05) is 18.8 Å². The standard InChI is InChI=1S/C12H24N2O3S/c1-5-18(16,17)14-8-6-7-10(9-14)11(15)13-12(2,3)4/h10H,5-9H2,1-4H3,(H,13,15)/t10-/m0/s1. The molecule has 0 aliphatic carbocycles. The molecule has 6 heteroatoms. The second-order valence-corrected chi connectivity index (χ2v) is 8.09. The molecule has 0 aromatic carbocycles. The molecule has 1 atom stereocenters. The molecular formula is C12H24N2O3S. The molecule has 0 aromatic heterocycles. The smallest absolute Gasteiger partial charge is 0.224 e. The molecule has 1 fully saturated rings. The number of rotatable bonds is 3. The molecule has 106 valence electrons. The molecule has 0 aromatic rings. The Morgan fingerprint density at radius 3 is 2.50 bits per heavy atom. The Bertz CT molecular complexity index is 398. The average Bonchev–Trinajstić information content (AvgIpc) is 2.27. The molecule has 1 aliphatic rings. The molecule has 1 saturated heterocycles. The molecule has 1 rings (SSSR count). The third kappa shape index (κ3) is 4.24. The molecule has 5 nitrogen and oxygen atoms in total. The number of amides is 1. The predicted octanol–water partition coefficient (Wildman–Crippen LogP) is 0.963. The van der Waals surface area contributed by atoms with Gasteiger partial charge in [-0.15, -0.1) is 0 Å². The minimum absolute atomic E-state index is 0.0431. The molecule has 0 unspecified atom stereocenters. The first kappa shape index (κ1) is 15.4. The van der Waals surface area contributed by atoms with Crippen LogP contribution in [0.25, 0.3) is 0 Å². The molecule has 0 spiro atoms. The average molecular weight is 276 g/mol. The number of piperidine rings is 1. The minimum Gasteiger partial charge on any atom is -0.351 e. The molecule has 0 saturated carbocycles. The second-order valence-electron chi connectivity index (χ2n) is 5.84. The van der Waals surface area contributed by atoms with Crippen molar-refractivity contribution in [2.45, 2.75) is 46.1 Å². The van der Waals surface area contributed by atoms with E-state index < -0.39 is 10.0 Å². The van der Waals surface area contributed by atoms with E-state index >= 15 is 0 Å². The lowest BCUT2D eigenvalue weighted by molar-refractivity contribution is -0.127. The minimum atomic E-state index is -3.18. The summed E-state index contributed by atoms with van der Waals surface area (Å²) >= 11 is 0. The van der Waals surface area contributed by atoms with E-state index in [1.807, 2.05) is 20.8 Å². The van der Waals surface area contributed by atoms with Crippen LogP contribution >= 0.6 is 0 Å². The van der Waals surface area contributed by atoms with Gasteiger partial charge in [-0.25, -0.2) is 12.7 Å². The summed E-state index contributed by atoms with van der Waals surface area (Å²) in [4.78, 5) is 12.0. The van der Waals surface area contributed by atoms with Gasteiger partial charge in [0, 0.05) is 18.6 Å². The summed E-state index contributed by atoms with van der Waals surface area (Å²) in [5, 5.41) is 2.92. The molecular weight excluding hydrogens is 252 g/mol. The topological polar surface area (TPSA) is 66.5 Å². The van der Waals surface area contributed by atoms with Crippen molar-refractivity contribution < 1.29 is 13.2 Å². The number of nitrogens with zero attached hydrogens (tertiary/aromatic N) is 1. The third-order valence-corrected chi connectivity index (χ3v) is 4.86. The monoisotopic (exact) mass is 276 g/mol. The van der Waals surface area contributed by atoms with Crippen LogP contribution in [-0.2, 0) is 14.8 Å². The highest BCUT2D eigenvalue weighted by molar-refractivity contribution is 7.89. The van der Waals surface area contributed by atoms with E-state index in [4.69, 9.17) is 0 Å². The van der Waals surface area contributed by atoms with E-state index in [2.05, 4.69) is 5.32 Å². The molecule has 0 radical (unpaired) electrons. The Kier molecular flexibility index (Phi) is 4.78. The number of sulfonamides is 1. The van der Waals surface area contributed by atoms with Gasteiger partial charge in [-0.3, -0.25) is 4.79 Å².